The zero-order valence-electron chi connectivity index (χ0n) is 8.79. The first-order valence-electron chi connectivity index (χ1n) is 1.55. The van der Waals surface area contributed by atoms with Gasteiger partial charge in [-0.3, -0.25) is 0 Å². The van der Waals surface area contributed by atoms with Crippen LogP contribution in [0.5, 0.6) is 0 Å². The second-order valence-corrected chi connectivity index (χ2v) is 1.01. The van der Waals surface area contributed by atoms with E-state index in [0.29, 0.717) is 0 Å². The van der Waals surface area contributed by atoms with Crippen molar-refractivity contribution in [3.05, 3.63) is 0 Å². The van der Waals surface area contributed by atoms with Crippen LogP contribution in [-0.2, 0) is 4.79 Å². The Kier molecular flexibility index (Phi) is 15.9. The summed E-state index contributed by atoms with van der Waals surface area (Å²) < 4.78 is 0. The van der Waals surface area contributed by atoms with E-state index in [2.05, 4.69) is 0 Å². The van der Waals surface area contributed by atoms with Crippen LogP contribution < -0.4 is 0 Å². The molecule has 0 aromatic heterocycles. The van der Waals surface area contributed by atoms with Crippen LogP contribution in [0.4, 0.5) is 0 Å². The Hall–Kier alpha value is 0.962. The second-order valence-electron chi connectivity index (χ2n) is 1.01. The molecule has 0 heterocycles. The molecule has 0 spiro atoms. The molecule has 0 radical (unpaired) electrons. The van der Waals surface area contributed by atoms with Crippen LogP contribution in [0.1, 0.15) is 12.6 Å². The van der Waals surface area contributed by atoms with Gasteiger partial charge in [0.15, 0.2) is 0 Å². The summed E-state index contributed by atoms with van der Waals surface area (Å²) in [6.07, 6.45) is -1.23. The summed E-state index contributed by atoms with van der Waals surface area (Å²) in [5, 5.41) is 15.8. The largest absolute Gasteiger partial charge is 2.00 e. The average Bonchev–Trinajstić information content (AvgIpc) is 1.36. The van der Waals surface area contributed by atoms with Gasteiger partial charge in [-0.1, -0.05) is 0 Å². The van der Waals surface area contributed by atoms with Crippen molar-refractivity contribution in [3.8, 4) is 0 Å². The fraction of sp³-hybridized carbons (Fsp3) is 0.667. The predicted molar refractivity (Wildman–Crippen MR) is 35.3 cm³/mol. The van der Waals surface area contributed by atoms with Crippen molar-refractivity contribution in [2.75, 3.05) is 0 Å². The Balaban J connectivity index is -0.00000000833. The van der Waals surface area contributed by atoms with Crippen LogP contribution >= 0.6 is 0 Å². The third-order valence-corrected chi connectivity index (χ3v) is 0.357. The number of aliphatic hydroxyl groups excluding tert-OH is 1. The first-order valence-corrected chi connectivity index (χ1v) is 1.55. The monoisotopic (exact) mass is 142 g/mol. The van der Waals surface area contributed by atoms with Gasteiger partial charge in [-0.25, -0.2) is 4.79 Å². The van der Waals surface area contributed by atoms with Gasteiger partial charge in [0.1, 0.15) is 6.10 Å². The summed E-state index contributed by atoms with van der Waals surface area (Å²) in [5.41, 5.74) is 0. The SMILES string of the molecule is CC(O)C(=O)O.[H-].[H-].[H-].[H-].[Mg+2].[Mg+2]. The van der Waals surface area contributed by atoms with Crippen molar-refractivity contribution in [3.63, 3.8) is 0 Å². The van der Waals surface area contributed by atoms with E-state index in [4.69, 9.17) is 10.2 Å². The molecule has 0 bridgehead atoms. The third-order valence-electron chi connectivity index (χ3n) is 0.357. The second kappa shape index (κ2) is 7.96. The van der Waals surface area contributed by atoms with Crippen LogP contribution in [0.25, 0.3) is 0 Å². The van der Waals surface area contributed by atoms with Gasteiger partial charge in [-0.2, -0.15) is 0 Å². The van der Waals surface area contributed by atoms with Crippen molar-refractivity contribution in [1.82, 2.24) is 0 Å². The summed E-state index contributed by atoms with van der Waals surface area (Å²) in [6, 6.07) is 0. The molecule has 8 heavy (non-hydrogen) atoms. The number of aliphatic carboxylic acids is 1. The van der Waals surface area contributed by atoms with E-state index in [1.165, 1.54) is 6.92 Å². The molecule has 0 saturated carbocycles. The van der Waals surface area contributed by atoms with E-state index >= 15 is 0 Å². The van der Waals surface area contributed by atoms with E-state index in [1.807, 2.05) is 0 Å². The maximum absolute atomic E-state index is 9.45. The third kappa shape index (κ3) is 10.1. The molecule has 3 nitrogen and oxygen atoms in total. The number of hydrogen-bond acceptors (Lipinski definition) is 2. The number of hydrogen-bond donors (Lipinski definition) is 2. The van der Waals surface area contributed by atoms with Crippen molar-refractivity contribution in [2.24, 2.45) is 0 Å². The van der Waals surface area contributed by atoms with E-state index in [9.17, 15) is 4.79 Å². The number of carboxylic acids is 1. The number of carbonyl (C=O) groups is 1. The average molecular weight is 143 g/mol. The molecule has 0 saturated heterocycles. The minimum Gasteiger partial charge on any atom is -1.00 e. The number of aliphatic hydroxyl groups is 1. The van der Waals surface area contributed by atoms with Gasteiger partial charge < -0.3 is 15.9 Å². The zero-order chi connectivity index (χ0) is 5.15. The molecular formula is C3H10Mg2O3. The minimum absolute atomic E-state index is 0. The molecule has 1 unspecified atom stereocenters. The molecule has 2 N–H and O–H groups in total. The molecule has 0 aliphatic carbocycles. The maximum atomic E-state index is 9.45. The van der Waals surface area contributed by atoms with E-state index in [-0.39, 0.29) is 51.8 Å². The summed E-state index contributed by atoms with van der Waals surface area (Å²) in [4.78, 5) is 9.45. The molecule has 0 aliphatic heterocycles. The molecule has 0 rings (SSSR count). The van der Waals surface area contributed by atoms with Crippen molar-refractivity contribution >= 4 is 52.1 Å². The maximum Gasteiger partial charge on any atom is 2.00 e. The van der Waals surface area contributed by atoms with Gasteiger partial charge in [0.05, 0.1) is 0 Å². The van der Waals surface area contributed by atoms with E-state index in [1.54, 1.807) is 0 Å². The van der Waals surface area contributed by atoms with Crippen molar-refractivity contribution < 1.29 is 20.7 Å². The topological polar surface area (TPSA) is 57.5 Å². The Morgan fingerprint density at radius 2 is 1.75 bits per heavy atom. The van der Waals surface area contributed by atoms with E-state index < -0.39 is 12.1 Å². The van der Waals surface area contributed by atoms with Crippen molar-refractivity contribution in [1.29, 1.82) is 0 Å². The molecule has 0 amide bonds. The molecule has 5 heteroatoms. The Bertz CT molecular complexity index is 74.6. The number of carboxylic acid groups (broad SMARTS) is 1. The van der Waals surface area contributed by atoms with Gasteiger partial charge in [0.2, 0.25) is 0 Å². The zero-order valence-corrected chi connectivity index (χ0v) is 7.62. The minimum atomic E-state index is -1.23. The van der Waals surface area contributed by atoms with Crippen LogP contribution in [0.15, 0.2) is 0 Å². The summed E-state index contributed by atoms with van der Waals surface area (Å²) in [7, 11) is 0. The molecule has 1 atom stereocenters. The van der Waals surface area contributed by atoms with Gasteiger partial charge in [0.25, 0.3) is 0 Å². The van der Waals surface area contributed by atoms with E-state index in [0.717, 1.165) is 0 Å². The Labute approximate surface area is 85.7 Å². The molecule has 0 aromatic carbocycles. The molecule has 0 aliphatic rings. The summed E-state index contributed by atoms with van der Waals surface area (Å²) >= 11 is 0. The fourth-order valence-electron chi connectivity index (χ4n) is 0. The first kappa shape index (κ1) is 16.0. The van der Waals surface area contributed by atoms with Crippen LogP contribution in [0.2, 0.25) is 0 Å². The van der Waals surface area contributed by atoms with Crippen molar-refractivity contribution in [2.45, 2.75) is 13.0 Å². The molecule has 0 fully saturated rings. The Morgan fingerprint density at radius 1 is 1.62 bits per heavy atom. The normalized spacial score (nSPS) is 10.2. The standard InChI is InChI=1S/C3H6O3.2Mg.4H/c1-2(4)3(5)6;;;;;;/h2,4H,1H3,(H,5,6);;;;;;/q;2*+2;4*-1. The molecule has 44 valence electrons. The van der Waals surface area contributed by atoms with Crippen LogP contribution in [0, 0.1) is 0 Å². The molecule has 0 aromatic rings. The van der Waals surface area contributed by atoms with Gasteiger partial charge in [-0.15, -0.1) is 0 Å². The number of rotatable bonds is 1. The van der Waals surface area contributed by atoms with Gasteiger partial charge in [0, 0.05) is 0 Å². The van der Waals surface area contributed by atoms with Gasteiger partial charge in [-0.05, 0) is 6.92 Å². The summed E-state index contributed by atoms with van der Waals surface area (Å²) in [6.45, 7) is 1.20. The quantitative estimate of drug-likeness (QED) is 0.469. The first-order chi connectivity index (χ1) is 2.64. The smallest absolute Gasteiger partial charge is 1.00 e. The molecular weight excluding hydrogens is 133 g/mol. The van der Waals surface area contributed by atoms with Gasteiger partial charge >= 0.3 is 52.1 Å². The fourth-order valence-corrected chi connectivity index (χ4v) is 0. The Morgan fingerprint density at radius 3 is 1.75 bits per heavy atom. The predicted octanol–water partition coefficient (Wildman–Crippen LogP) is -0.860. The van der Waals surface area contributed by atoms with Crippen LogP contribution in [0.3, 0.4) is 0 Å². The summed E-state index contributed by atoms with van der Waals surface area (Å²) in [5.74, 6) is -1.19. The van der Waals surface area contributed by atoms with Crippen LogP contribution in [-0.4, -0.2) is 68.4 Å².